The molecule has 7 atom stereocenters. The Labute approximate surface area is 182 Å². The van der Waals surface area contributed by atoms with Crippen molar-refractivity contribution in [2.75, 3.05) is 12.3 Å². The van der Waals surface area contributed by atoms with Gasteiger partial charge in [0, 0.05) is 5.41 Å². The molecule has 2 aromatic rings. The highest BCUT2D eigenvalue weighted by Crippen LogP contribution is 2.71. The maximum atomic E-state index is 12.0. The zero-order chi connectivity index (χ0) is 24.6. The number of fused-ring (bicyclic) bond motifs is 2. The average molecular weight is 533 g/mol. The third-order valence-electron chi connectivity index (χ3n) is 5.54. The first-order valence-electron chi connectivity index (χ1n) is 8.92. The number of nitrogens with zero attached hydrogens (tertiary/aromatic N) is 3. The molecule has 0 amide bonds. The third-order valence-corrected chi connectivity index (χ3v) is 9.32. The maximum absolute atomic E-state index is 12.0. The van der Waals surface area contributed by atoms with Gasteiger partial charge in [-0.05, 0) is 12.3 Å². The van der Waals surface area contributed by atoms with Crippen molar-refractivity contribution < 1.29 is 56.6 Å². The molecule has 2 aliphatic rings. The number of hydrogen-bond acceptors (Lipinski definition) is 12. The van der Waals surface area contributed by atoms with Gasteiger partial charge in [-0.2, -0.15) is 13.6 Å². The summed E-state index contributed by atoms with van der Waals surface area (Å²) in [6.07, 6.45) is -1.59. The molecule has 0 spiro atoms. The van der Waals surface area contributed by atoms with Crippen LogP contribution in [0.3, 0.4) is 0 Å². The molecule has 0 bridgehead atoms. The second-order valence-corrected chi connectivity index (χ2v) is 12.0. The van der Waals surface area contributed by atoms with E-state index in [1.165, 1.54) is 10.9 Å². The van der Waals surface area contributed by atoms with Crippen LogP contribution < -0.4 is 11.3 Å². The molecule has 2 aromatic heterocycles. The minimum Gasteiger partial charge on any atom is -0.390 e. The fraction of sp³-hybridized carbons (Fsp3) is 0.583. The topological polar surface area (TPSA) is 290 Å². The van der Waals surface area contributed by atoms with Crippen LogP contribution in [0.2, 0.25) is 0 Å². The fourth-order valence-electron chi connectivity index (χ4n) is 4.19. The van der Waals surface area contributed by atoms with Gasteiger partial charge < -0.3 is 40.1 Å². The van der Waals surface area contributed by atoms with Crippen LogP contribution in [0.25, 0.3) is 11.2 Å². The second kappa shape index (κ2) is 7.75. The zero-order valence-corrected chi connectivity index (χ0v) is 18.8. The summed E-state index contributed by atoms with van der Waals surface area (Å²) >= 11 is 0. The van der Waals surface area contributed by atoms with Crippen LogP contribution in [0.4, 0.5) is 5.95 Å². The van der Waals surface area contributed by atoms with Gasteiger partial charge in [-0.3, -0.25) is 14.3 Å². The highest BCUT2D eigenvalue weighted by molar-refractivity contribution is 7.66. The number of hydrogen-bond donors (Lipinski definition) is 8. The highest BCUT2D eigenvalue weighted by atomic mass is 31.3. The summed E-state index contributed by atoms with van der Waals surface area (Å²) in [5.74, 6) is -0.786. The molecular formula is C12H18N5O13P3. The lowest BCUT2D eigenvalue weighted by Crippen LogP contribution is -2.36. The van der Waals surface area contributed by atoms with Crippen LogP contribution in [0.1, 0.15) is 12.5 Å². The van der Waals surface area contributed by atoms with Crippen molar-refractivity contribution in [3.8, 4) is 0 Å². The molecule has 2 fully saturated rings. The SMILES string of the molecule is Nc1nc2c(ncn2[C@H]2[C@H](O)[C@H](O)[C@]3(COP(=O)(O)OP(=O)(O)OP(=O)(O)O)C[C@H]23)c(=O)[nH]1. The molecule has 21 heteroatoms. The Morgan fingerprint density at radius 2 is 1.85 bits per heavy atom. The van der Waals surface area contributed by atoms with Gasteiger partial charge in [0.1, 0.15) is 6.10 Å². The average Bonchev–Trinajstić information content (AvgIpc) is 3.13. The minimum atomic E-state index is -5.70. The van der Waals surface area contributed by atoms with E-state index in [-0.39, 0.29) is 23.5 Å². The first-order chi connectivity index (χ1) is 15.1. The van der Waals surface area contributed by atoms with Crippen molar-refractivity contribution in [3.05, 3.63) is 16.7 Å². The molecule has 0 aromatic carbocycles. The number of aromatic amines is 1. The van der Waals surface area contributed by atoms with Crippen molar-refractivity contribution in [1.29, 1.82) is 0 Å². The van der Waals surface area contributed by atoms with Gasteiger partial charge >= 0.3 is 23.5 Å². The van der Waals surface area contributed by atoms with Crippen molar-refractivity contribution in [2.24, 2.45) is 11.3 Å². The van der Waals surface area contributed by atoms with Crippen molar-refractivity contribution in [2.45, 2.75) is 24.7 Å². The van der Waals surface area contributed by atoms with Crippen LogP contribution in [-0.2, 0) is 26.8 Å². The summed E-state index contributed by atoms with van der Waals surface area (Å²) in [6.45, 7) is -0.751. The number of nitrogens with one attached hydrogen (secondary N) is 1. The first-order valence-corrected chi connectivity index (χ1v) is 13.4. The molecule has 0 saturated heterocycles. The Kier molecular flexibility index (Phi) is 5.77. The number of aliphatic hydroxyl groups is 2. The van der Waals surface area contributed by atoms with E-state index in [9.17, 15) is 38.5 Å². The largest absolute Gasteiger partial charge is 0.490 e. The van der Waals surface area contributed by atoms with Crippen molar-refractivity contribution >= 4 is 40.6 Å². The molecule has 2 saturated carbocycles. The monoisotopic (exact) mass is 533 g/mol. The Hall–Kier alpha value is -1.52. The van der Waals surface area contributed by atoms with Gasteiger partial charge in [0.25, 0.3) is 5.56 Å². The number of phosphoric ester groups is 1. The Morgan fingerprint density at radius 1 is 1.18 bits per heavy atom. The molecule has 2 unspecified atom stereocenters. The Bertz CT molecular complexity index is 1310. The van der Waals surface area contributed by atoms with E-state index in [2.05, 4.69) is 28.1 Å². The van der Waals surface area contributed by atoms with E-state index in [1.54, 1.807) is 0 Å². The number of aliphatic hydroxyl groups excluding tert-OH is 2. The first kappa shape index (κ1) is 24.6. The molecule has 18 nitrogen and oxygen atoms in total. The summed E-state index contributed by atoms with van der Waals surface area (Å²) in [6, 6.07) is -0.886. The summed E-state index contributed by atoms with van der Waals surface area (Å²) in [4.78, 5) is 58.2. The van der Waals surface area contributed by atoms with Crippen LogP contribution >= 0.6 is 23.5 Å². The number of nitrogens with two attached hydrogens (primary N) is 1. The summed E-state index contributed by atoms with van der Waals surface area (Å²) < 4.78 is 47.4. The van der Waals surface area contributed by atoms with Crippen LogP contribution in [0.5, 0.6) is 0 Å². The quantitative estimate of drug-likeness (QED) is 0.176. The highest BCUT2D eigenvalue weighted by Gasteiger charge is 2.72. The van der Waals surface area contributed by atoms with Gasteiger partial charge in [0.15, 0.2) is 11.2 Å². The van der Waals surface area contributed by atoms with E-state index < -0.39 is 65.2 Å². The van der Waals surface area contributed by atoms with Gasteiger partial charge in [-0.15, -0.1) is 0 Å². The maximum Gasteiger partial charge on any atom is 0.490 e. The number of imidazole rings is 1. The standard InChI is InChI=1S/C12H18N5O13P3/c13-11-15-9-5(10(20)16-11)14-3-17(9)6-4-1-12(4,8(19)7(6)18)2-28-32(24,25)30-33(26,27)29-31(21,22)23/h3-4,6-8,18-19H,1-2H2,(H,24,25)(H,26,27)(H2,21,22,23)(H3,13,15,16,20)/t4-,6-,7+,8+,12+/m1/s1. The predicted octanol–water partition coefficient (Wildman–Crippen LogP) is -1.67. The van der Waals surface area contributed by atoms with Gasteiger partial charge in [-0.1, -0.05) is 0 Å². The van der Waals surface area contributed by atoms with Gasteiger partial charge in [0.05, 0.1) is 25.1 Å². The van der Waals surface area contributed by atoms with Crippen molar-refractivity contribution in [1.82, 2.24) is 19.5 Å². The summed E-state index contributed by atoms with van der Waals surface area (Å²) in [7, 11) is -16.7. The fourth-order valence-corrected chi connectivity index (χ4v) is 7.29. The van der Waals surface area contributed by atoms with E-state index in [0.717, 1.165) is 0 Å². The number of phosphoric acid groups is 3. The molecule has 0 radical (unpaired) electrons. The molecule has 0 aliphatic heterocycles. The lowest BCUT2D eigenvalue weighted by Gasteiger charge is -2.24. The summed E-state index contributed by atoms with van der Waals surface area (Å²) in [5.41, 5.74) is 3.59. The lowest BCUT2D eigenvalue weighted by molar-refractivity contribution is -0.0297. The molecule has 33 heavy (non-hydrogen) atoms. The molecule has 184 valence electrons. The Morgan fingerprint density at radius 3 is 2.48 bits per heavy atom. The zero-order valence-electron chi connectivity index (χ0n) is 16.1. The summed E-state index contributed by atoms with van der Waals surface area (Å²) in [5, 5.41) is 21.2. The van der Waals surface area contributed by atoms with Crippen LogP contribution in [0.15, 0.2) is 11.1 Å². The smallest absolute Gasteiger partial charge is 0.390 e. The number of nitrogen functional groups attached to an aromatic ring is 1. The normalized spacial score (nSPS) is 32.9. The number of aromatic nitrogens is 4. The van der Waals surface area contributed by atoms with Crippen LogP contribution in [-0.4, -0.2) is 68.1 Å². The molecular weight excluding hydrogens is 515 g/mol. The molecule has 2 aliphatic carbocycles. The number of H-pyrrole nitrogens is 1. The van der Waals surface area contributed by atoms with Gasteiger partial charge in [-0.25, -0.2) is 18.7 Å². The Balaban J connectivity index is 1.53. The molecule has 9 N–H and O–H groups in total. The van der Waals surface area contributed by atoms with Gasteiger partial charge in [0.2, 0.25) is 5.95 Å². The second-order valence-electron chi connectivity index (χ2n) is 7.61. The molecule has 4 rings (SSSR count). The lowest BCUT2D eigenvalue weighted by atomic mass is 10.0. The predicted molar refractivity (Wildman–Crippen MR) is 104 cm³/mol. The number of anilines is 1. The van der Waals surface area contributed by atoms with E-state index in [0.29, 0.717) is 0 Å². The van der Waals surface area contributed by atoms with E-state index in [1.807, 2.05) is 0 Å². The van der Waals surface area contributed by atoms with Crippen molar-refractivity contribution in [3.63, 3.8) is 0 Å². The molecule has 2 heterocycles. The minimum absolute atomic E-state index is 0.0306. The van der Waals surface area contributed by atoms with E-state index in [4.69, 9.17) is 15.5 Å². The van der Waals surface area contributed by atoms with E-state index >= 15 is 0 Å². The third kappa shape index (κ3) is 4.58. The van der Waals surface area contributed by atoms with Crippen LogP contribution in [0, 0.1) is 11.3 Å². The number of rotatable bonds is 8.